The second kappa shape index (κ2) is 7.67. The fourth-order valence-corrected chi connectivity index (χ4v) is 4.40. The van der Waals surface area contributed by atoms with E-state index in [0.717, 1.165) is 44.0 Å². The smallest absolute Gasteiger partial charge is 0.167 e. The van der Waals surface area contributed by atoms with Gasteiger partial charge in [-0.05, 0) is 43.7 Å². The predicted octanol–water partition coefficient (Wildman–Crippen LogP) is 6.73. The Morgan fingerprint density at radius 1 is 0.839 bits per heavy atom. The SMILES string of the molecule is CC(=O)c1c(-c2ccc(Br)cc2)c(C)n2nc(-c3ccccc3)n(-c3ccccc3)c12. The Morgan fingerprint density at radius 3 is 2.06 bits per heavy atom. The first-order chi connectivity index (χ1) is 15.1. The summed E-state index contributed by atoms with van der Waals surface area (Å²) in [5, 5.41) is 4.98. The van der Waals surface area contributed by atoms with E-state index in [-0.39, 0.29) is 5.78 Å². The molecule has 5 aromatic rings. The number of ketones is 1. The molecule has 0 aliphatic heterocycles. The quantitative estimate of drug-likeness (QED) is 0.273. The maximum atomic E-state index is 13.0. The molecule has 2 aromatic heterocycles. The molecule has 5 heteroatoms. The van der Waals surface area contributed by atoms with Crippen molar-refractivity contribution < 1.29 is 4.79 Å². The average Bonchev–Trinajstić information content (AvgIpc) is 3.31. The first-order valence-electron chi connectivity index (χ1n) is 10.1. The van der Waals surface area contributed by atoms with Gasteiger partial charge in [-0.1, -0.05) is 76.6 Å². The Bertz CT molecular complexity index is 1400. The van der Waals surface area contributed by atoms with Gasteiger partial charge in [-0.25, -0.2) is 4.52 Å². The van der Waals surface area contributed by atoms with Gasteiger partial charge in [-0.2, -0.15) is 0 Å². The Labute approximate surface area is 188 Å². The summed E-state index contributed by atoms with van der Waals surface area (Å²) in [5.74, 6) is 0.815. The number of hydrogen-bond acceptors (Lipinski definition) is 2. The lowest BCUT2D eigenvalue weighted by Crippen LogP contribution is -2.02. The van der Waals surface area contributed by atoms with E-state index in [1.165, 1.54) is 0 Å². The standard InChI is InChI=1S/C26H20BrN3O/c1-17-23(19-13-15-21(27)16-14-19)24(18(2)31)26-29(22-11-7-4-8-12-22)25(28-30(17)26)20-9-5-3-6-10-20/h3-16H,1-2H3. The molecule has 152 valence electrons. The highest BCUT2D eigenvalue weighted by Crippen LogP contribution is 2.37. The number of Topliss-reactive ketones (excluding diaryl/α,β-unsaturated/α-hetero) is 1. The summed E-state index contributed by atoms with van der Waals surface area (Å²) < 4.78 is 4.99. The first kappa shape index (κ1) is 19.5. The topological polar surface area (TPSA) is 39.3 Å². The number of fused-ring (bicyclic) bond motifs is 1. The highest BCUT2D eigenvalue weighted by Gasteiger charge is 2.27. The van der Waals surface area contributed by atoms with Crippen molar-refractivity contribution in [2.24, 2.45) is 0 Å². The summed E-state index contributed by atoms with van der Waals surface area (Å²) >= 11 is 3.50. The summed E-state index contributed by atoms with van der Waals surface area (Å²) in [5.41, 5.74) is 6.28. The van der Waals surface area contributed by atoms with E-state index in [9.17, 15) is 4.79 Å². The van der Waals surface area contributed by atoms with Gasteiger partial charge in [-0.3, -0.25) is 9.36 Å². The van der Waals surface area contributed by atoms with Crippen LogP contribution in [0.25, 0.3) is 33.8 Å². The number of halogens is 1. The molecule has 0 saturated carbocycles. The van der Waals surface area contributed by atoms with Gasteiger partial charge in [0.25, 0.3) is 0 Å². The lowest BCUT2D eigenvalue weighted by atomic mass is 9.99. The van der Waals surface area contributed by atoms with Gasteiger partial charge in [0, 0.05) is 21.3 Å². The van der Waals surface area contributed by atoms with Crippen LogP contribution in [-0.2, 0) is 0 Å². The number of para-hydroxylation sites is 1. The van der Waals surface area contributed by atoms with Gasteiger partial charge in [0.15, 0.2) is 17.3 Å². The molecule has 31 heavy (non-hydrogen) atoms. The molecule has 0 fully saturated rings. The number of aryl methyl sites for hydroxylation is 1. The average molecular weight is 470 g/mol. The second-order valence-electron chi connectivity index (χ2n) is 7.49. The zero-order valence-electron chi connectivity index (χ0n) is 17.2. The van der Waals surface area contributed by atoms with E-state index in [4.69, 9.17) is 5.10 Å². The van der Waals surface area contributed by atoms with Crippen LogP contribution in [0, 0.1) is 6.92 Å². The van der Waals surface area contributed by atoms with E-state index in [1.54, 1.807) is 6.92 Å². The van der Waals surface area contributed by atoms with E-state index in [2.05, 4.69) is 20.5 Å². The fourth-order valence-electron chi connectivity index (χ4n) is 4.13. The van der Waals surface area contributed by atoms with Crippen LogP contribution >= 0.6 is 15.9 Å². The fraction of sp³-hybridized carbons (Fsp3) is 0.0769. The minimum Gasteiger partial charge on any atom is -0.294 e. The van der Waals surface area contributed by atoms with Crippen LogP contribution in [0.2, 0.25) is 0 Å². The third-order valence-corrected chi connectivity index (χ3v) is 6.03. The Balaban J connectivity index is 1.92. The Morgan fingerprint density at radius 2 is 1.45 bits per heavy atom. The molecule has 0 N–H and O–H groups in total. The number of benzene rings is 3. The summed E-state index contributed by atoms with van der Waals surface area (Å²) in [6.45, 7) is 3.65. The molecule has 0 unspecified atom stereocenters. The lowest BCUT2D eigenvalue weighted by Gasteiger charge is -2.10. The normalized spacial score (nSPS) is 11.2. The van der Waals surface area contributed by atoms with Crippen molar-refractivity contribution in [3.05, 3.63) is 101 Å². The second-order valence-corrected chi connectivity index (χ2v) is 8.41. The summed E-state index contributed by atoms with van der Waals surface area (Å²) in [4.78, 5) is 13.0. The molecular formula is C26H20BrN3O. The number of rotatable bonds is 4. The van der Waals surface area contributed by atoms with Gasteiger partial charge in [0.05, 0.1) is 11.3 Å². The molecule has 0 spiro atoms. The third kappa shape index (κ3) is 3.22. The molecule has 0 bridgehead atoms. The highest BCUT2D eigenvalue weighted by atomic mass is 79.9. The van der Waals surface area contributed by atoms with Crippen LogP contribution in [0.15, 0.2) is 89.4 Å². The molecule has 0 aliphatic carbocycles. The number of nitrogens with zero attached hydrogens (tertiary/aromatic N) is 3. The predicted molar refractivity (Wildman–Crippen MR) is 128 cm³/mol. The monoisotopic (exact) mass is 469 g/mol. The Kier molecular flexibility index (Phi) is 4.83. The number of carbonyl (C=O) groups is 1. The maximum absolute atomic E-state index is 13.0. The minimum atomic E-state index is 0.0141. The molecular weight excluding hydrogens is 450 g/mol. The van der Waals surface area contributed by atoms with Crippen molar-refractivity contribution in [3.63, 3.8) is 0 Å². The van der Waals surface area contributed by atoms with Crippen LogP contribution in [0.1, 0.15) is 23.0 Å². The van der Waals surface area contributed by atoms with Gasteiger partial charge >= 0.3 is 0 Å². The lowest BCUT2D eigenvalue weighted by molar-refractivity contribution is 0.101. The summed E-state index contributed by atoms with van der Waals surface area (Å²) in [6, 6.07) is 28.2. The summed E-state index contributed by atoms with van der Waals surface area (Å²) in [6.07, 6.45) is 0. The maximum Gasteiger partial charge on any atom is 0.167 e. The van der Waals surface area contributed by atoms with Crippen LogP contribution < -0.4 is 0 Å². The van der Waals surface area contributed by atoms with Crippen molar-refractivity contribution in [3.8, 4) is 28.2 Å². The molecule has 3 aromatic carbocycles. The molecule has 0 amide bonds. The first-order valence-corrected chi connectivity index (χ1v) is 10.9. The van der Waals surface area contributed by atoms with E-state index in [0.29, 0.717) is 5.56 Å². The van der Waals surface area contributed by atoms with Crippen molar-refractivity contribution in [2.45, 2.75) is 13.8 Å². The van der Waals surface area contributed by atoms with E-state index >= 15 is 0 Å². The minimum absolute atomic E-state index is 0.0141. The number of carbonyl (C=O) groups excluding carboxylic acids is 1. The van der Waals surface area contributed by atoms with Gasteiger partial charge < -0.3 is 0 Å². The number of aromatic nitrogens is 3. The molecule has 4 nitrogen and oxygen atoms in total. The van der Waals surface area contributed by atoms with Crippen molar-refractivity contribution in [1.82, 2.24) is 14.2 Å². The van der Waals surface area contributed by atoms with E-state index in [1.807, 2.05) is 96.4 Å². The molecule has 0 atom stereocenters. The molecule has 0 aliphatic rings. The van der Waals surface area contributed by atoms with Crippen LogP contribution in [0.3, 0.4) is 0 Å². The Hall–Kier alpha value is -3.44. The molecule has 0 radical (unpaired) electrons. The number of hydrogen-bond donors (Lipinski definition) is 0. The van der Waals surface area contributed by atoms with Gasteiger partial charge in [0.1, 0.15) is 0 Å². The molecule has 5 rings (SSSR count). The van der Waals surface area contributed by atoms with Crippen LogP contribution in [0.5, 0.6) is 0 Å². The summed E-state index contributed by atoms with van der Waals surface area (Å²) in [7, 11) is 0. The van der Waals surface area contributed by atoms with Crippen LogP contribution in [0.4, 0.5) is 0 Å². The highest BCUT2D eigenvalue weighted by molar-refractivity contribution is 9.10. The molecule has 0 saturated heterocycles. The zero-order chi connectivity index (χ0) is 21.5. The van der Waals surface area contributed by atoms with Gasteiger partial charge in [0.2, 0.25) is 0 Å². The van der Waals surface area contributed by atoms with Crippen molar-refractivity contribution >= 4 is 27.4 Å². The largest absolute Gasteiger partial charge is 0.294 e. The van der Waals surface area contributed by atoms with Crippen molar-refractivity contribution in [2.75, 3.05) is 0 Å². The van der Waals surface area contributed by atoms with Crippen LogP contribution in [-0.4, -0.2) is 20.0 Å². The molecule has 2 heterocycles. The zero-order valence-corrected chi connectivity index (χ0v) is 18.8. The van der Waals surface area contributed by atoms with E-state index < -0.39 is 0 Å². The van der Waals surface area contributed by atoms with Crippen molar-refractivity contribution in [1.29, 1.82) is 0 Å². The third-order valence-electron chi connectivity index (χ3n) is 5.50. The van der Waals surface area contributed by atoms with Gasteiger partial charge in [-0.15, -0.1) is 5.10 Å².